The Morgan fingerprint density at radius 3 is 2.35 bits per heavy atom. The molecule has 92 valence electrons. The molecule has 0 bridgehead atoms. The van der Waals surface area contributed by atoms with Gasteiger partial charge in [0.25, 0.3) is 5.91 Å². The van der Waals surface area contributed by atoms with Crippen LogP contribution in [0, 0.1) is 0 Å². The van der Waals surface area contributed by atoms with Crippen LogP contribution in [0.15, 0.2) is 24.3 Å². The zero-order valence-electron chi connectivity index (χ0n) is 10.6. The third-order valence-electron chi connectivity index (χ3n) is 3.38. The molecule has 0 aromatic heterocycles. The van der Waals surface area contributed by atoms with E-state index in [1.54, 1.807) is 0 Å². The quantitative estimate of drug-likeness (QED) is 0.782. The first kappa shape index (κ1) is 12.2. The van der Waals surface area contributed by atoms with Gasteiger partial charge in [0, 0.05) is 18.7 Å². The molecule has 0 radical (unpaired) electrons. The van der Waals surface area contributed by atoms with E-state index >= 15 is 0 Å². The Morgan fingerprint density at radius 2 is 1.76 bits per heavy atom. The smallest absolute Gasteiger partial charge is 0.253 e. The standard InChI is InChI=1S/C15H21NO/c1-2-6-13-7-9-14(10-8-13)15(17)16-11-4-3-5-12-16/h7-10H,2-6,11-12H2,1H3. The predicted molar refractivity (Wildman–Crippen MR) is 70.2 cm³/mol. The molecule has 1 heterocycles. The molecule has 1 aromatic carbocycles. The zero-order valence-corrected chi connectivity index (χ0v) is 10.6. The maximum atomic E-state index is 12.2. The molecule has 0 N–H and O–H groups in total. The highest BCUT2D eigenvalue weighted by atomic mass is 16.2. The summed E-state index contributed by atoms with van der Waals surface area (Å²) in [4.78, 5) is 14.2. The third-order valence-corrected chi connectivity index (χ3v) is 3.38. The average Bonchev–Trinajstić information content (AvgIpc) is 2.40. The topological polar surface area (TPSA) is 20.3 Å². The van der Waals surface area contributed by atoms with Gasteiger partial charge in [0.2, 0.25) is 0 Å². The highest BCUT2D eigenvalue weighted by Crippen LogP contribution is 2.14. The number of carbonyl (C=O) groups excluding carboxylic acids is 1. The largest absolute Gasteiger partial charge is 0.339 e. The van der Waals surface area contributed by atoms with Gasteiger partial charge in [-0.2, -0.15) is 0 Å². The summed E-state index contributed by atoms with van der Waals surface area (Å²) in [6, 6.07) is 8.12. The van der Waals surface area contributed by atoms with Crippen LogP contribution in [0.2, 0.25) is 0 Å². The highest BCUT2D eigenvalue weighted by Gasteiger charge is 2.17. The highest BCUT2D eigenvalue weighted by molar-refractivity contribution is 5.94. The lowest BCUT2D eigenvalue weighted by Crippen LogP contribution is -2.35. The minimum Gasteiger partial charge on any atom is -0.339 e. The maximum absolute atomic E-state index is 12.2. The fraction of sp³-hybridized carbons (Fsp3) is 0.533. The molecular formula is C15H21NO. The fourth-order valence-electron chi connectivity index (χ4n) is 2.38. The van der Waals surface area contributed by atoms with Gasteiger partial charge < -0.3 is 4.90 Å². The fourth-order valence-corrected chi connectivity index (χ4v) is 2.38. The number of benzene rings is 1. The number of hydrogen-bond donors (Lipinski definition) is 0. The summed E-state index contributed by atoms with van der Waals surface area (Å²) < 4.78 is 0. The van der Waals surface area contributed by atoms with E-state index in [0.717, 1.165) is 44.3 Å². The van der Waals surface area contributed by atoms with E-state index in [4.69, 9.17) is 0 Å². The van der Waals surface area contributed by atoms with Crippen molar-refractivity contribution in [2.24, 2.45) is 0 Å². The van der Waals surface area contributed by atoms with Crippen molar-refractivity contribution in [3.63, 3.8) is 0 Å². The first-order chi connectivity index (χ1) is 8.31. The molecule has 2 rings (SSSR count). The summed E-state index contributed by atoms with van der Waals surface area (Å²) in [6.07, 6.45) is 5.82. The van der Waals surface area contributed by atoms with Crippen molar-refractivity contribution in [1.29, 1.82) is 0 Å². The number of amides is 1. The molecule has 17 heavy (non-hydrogen) atoms. The van der Waals surface area contributed by atoms with Crippen LogP contribution in [0.5, 0.6) is 0 Å². The van der Waals surface area contributed by atoms with Crippen LogP contribution in [-0.2, 0) is 6.42 Å². The second-order valence-electron chi connectivity index (χ2n) is 4.80. The number of hydrogen-bond acceptors (Lipinski definition) is 1. The Labute approximate surface area is 104 Å². The van der Waals surface area contributed by atoms with Crippen LogP contribution < -0.4 is 0 Å². The van der Waals surface area contributed by atoms with E-state index in [9.17, 15) is 4.79 Å². The Bertz CT molecular complexity index is 363. The van der Waals surface area contributed by atoms with E-state index in [2.05, 4.69) is 19.1 Å². The lowest BCUT2D eigenvalue weighted by Gasteiger charge is -2.26. The molecule has 1 amide bonds. The molecule has 0 aliphatic carbocycles. The van der Waals surface area contributed by atoms with E-state index in [1.165, 1.54) is 12.0 Å². The maximum Gasteiger partial charge on any atom is 0.253 e. The molecule has 1 aliphatic rings. The normalized spacial score (nSPS) is 15.9. The molecule has 0 unspecified atom stereocenters. The summed E-state index contributed by atoms with van der Waals surface area (Å²) in [7, 11) is 0. The molecule has 0 saturated carbocycles. The van der Waals surface area contributed by atoms with Gasteiger partial charge >= 0.3 is 0 Å². The van der Waals surface area contributed by atoms with Gasteiger partial charge in [-0.25, -0.2) is 0 Å². The van der Waals surface area contributed by atoms with Gasteiger partial charge in [-0.3, -0.25) is 4.79 Å². The van der Waals surface area contributed by atoms with Crippen LogP contribution in [0.1, 0.15) is 48.5 Å². The monoisotopic (exact) mass is 231 g/mol. The number of rotatable bonds is 3. The molecular weight excluding hydrogens is 210 g/mol. The first-order valence-electron chi connectivity index (χ1n) is 6.69. The van der Waals surface area contributed by atoms with Gasteiger partial charge in [-0.15, -0.1) is 0 Å². The van der Waals surface area contributed by atoms with Gasteiger partial charge in [0.05, 0.1) is 0 Å². The van der Waals surface area contributed by atoms with Crippen LogP contribution in [0.3, 0.4) is 0 Å². The van der Waals surface area contributed by atoms with Crippen molar-refractivity contribution >= 4 is 5.91 Å². The Morgan fingerprint density at radius 1 is 1.12 bits per heavy atom. The van der Waals surface area contributed by atoms with E-state index < -0.39 is 0 Å². The Kier molecular flexibility index (Phi) is 4.18. The summed E-state index contributed by atoms with van der Waals surface area (Å²) in [5.41, 5.74) is 2.16. The first-order valence-corrected chi connectivity index (χ1v) is 6.69. The predicted octanol–water partition coefficient (Wildman–Crippen LogP) is 3.27. The number of likely N-dealkylation sites (tertiary alicyclic amines) is 1. The minimum absolute atomic E-state index is 0.202. The molecule has 1 saturated heterocycles. The molecule has 1 aliphatic heterocycles. The summed E-state index contributed by atoms with van der Waals surface area (Å²) in [5.74, 6) is 0.202. The summed E-state index contributed by atoms with van der Waals surface area (Å²) >= 11 is 0. The second-order valence-corrected chi connectivity index (χ2v) is 4.80. The lowest BCUT2D eigenvalue weighted by atomic mass is 10.1. The summed E-state index contributed by atoms with van der Waals surface area (Å²) in [6.45, 7) is 4.03. The van der Waals surface area contributed by atoms with Crippen molar-refractivity contribution in [3.8, 4) is 0 Å². The number of carbonyl (C=O) groups is 1. The summed E-state index contributed by atoms with van der Waals surface area (Å²) in [5, 5.41) is 0. The molecule has 1 aromatic rings. The van der Waals surface area contributed by atoms with Crippen molar-refractivity contribution in [2.45, 2.75) is 39.0 Å². The van der Waals surface area contributed by atoms with Gasteiger partial charge in [0.1, 0.15) is 0 Å². The molecule has 2 nitrogen and oxygen atoms in total. The number of nitrogens with zero attached hydrogens (tertiary/aromatic N) is 1. The molecule has 0 spiro atoms. The van der Waals surface area contributed by atoms with Crippen molar-refractivity contribution < 1.29 is 4.79 Å². The Balaban J connectivity index is 2.03. The van der Waals surface area contributed by atoms with Crippen LogP contribution >= 0.6 is 0 Å². The van der Waals surface area contributed by atoms with Crippen LogP contribution in [-0.4, -0.2) is 23.9 Å². The zero-order chi connectivity index (χ0) is 12.1. The molecule has 1 fully saturated rings. The van der Waals surface area contributed by atoms with Gasteiger partial charge in [-0.1, -0.05) is 25.5 Å². The van der Waals surface area contributed by atoms with Crippen molar-refractivity contribution in [2.75, 3.05) is 13.1 Å². The average molecular weight is 231 g/mol. The number of piperidine rings is 1. The van der Waals surface area contributed by atoms with Crippen LogP contribution in [0.4, 0.5) is 0 Å². The van der Waals surface area contributed by atoms with E-state index in [1.807, 2.05) is 17.0 Å². The third kappa shape index (κ3) is 3.09. The lowest BCUT2D eigenvalue weighted by molar-refractivity contribution is 0.0724. The molecule has 0 atom stereocenters. The van der Waals surface area contributed by atoms with E-state index in [-0.39, 0.29) is 5.91 Å². The van der Waals surface area contributed by atoms with Crippen molar-refractivity contribution in [1.82, 2.24) is 4.90 Å². The SMILES string of the molecule is CCCc1ccc(C(=O)N2CCCCC2)cc1. The minimum atomic E-state index is 0.202. The van der Waals surface area contributed by atoms with Gasteiger partial charge in [0.15, 0.2) is 0 Å². The van der Waals surface area contributed by atoms with Crippen LogP contribution in [0.25, 0.3) is 0 Å². The Hall–Kier alpha value is -1.31. The van der Waals surface area contributed by atoms with Gasteiger partial charge in [-0.05, 0) is 43.4 Å². The van der Waals surface area contributed by atoms with E-state index in [0.29, 0.717) is 0 Å². The van der Waals surface area contributed by atoms with Crippen molar-refractivity contribution in [3.05, 3.63) is 35.4 Å². The number of aryl methyl sites for hydroxylation is 1. The second kappa shape index (κ2) is 5.85. The molecule has 2 heteroatoms.